The van der Waals surface area contributed by atoms with Gasteiger partial charge in [-0.2, -0.15) is 0 Å². The zero-order valence-electron chi connectivity index (χ0n) is 11.7. The van der Waals surface area contributed by atoms with Gasteiger partial charge in [0.2, 0.25) is 0 Å². The molecule has 21 heavy (non-hydrogen) atoms. The van der Waals surface area contributed by atoms with Crippen LogP contribution in [0.3, 0.4) is 0 Å². The molecule has 1 aromatic rings. The van der Waals surface area contributed by atoms with Crippen LogP contribution in [0.25, 0.3) is 0 Å². The minimum Gasteiger partial charge on any atom is -0.394 e. The second kappa shape index (κ2) is 6.52. The van der Waals surface area contributed by atoms with Crippen LogP contribution < -0.4 is 11.2 Å². The molecule has 8 nitrogen and oxygen atoms in total. The summed E-state index contributed by atoms with van der Waals surface area (Å²) >= 11 is 0. The Morgan fingerprint density at radius 3 is 2.62 bits per heavy atom. The highest BCUT2D eigenvalue weighted by molar-refractivity contribution is 5.06. The zero-order chi connectivity index (χ0) is 15.6. The summed E-state index contributed by atoms with van der Waals surface area (Å²) in [7, 11) is 0. The summed E-state index contributed by atoms with van der Waals surface area (Å²) in [5.74, 6) is 0. The first-order valence-electron chi connectivity index (χ1n) is 6.96. The molecular weight excluding hydrogens is 280 g/mol. The molecule has 4 N–H and O–H groups in total. The molecule has 8 heteroatoms. The lowest BCUT2D eigenvalue weighted by Crippen LogP contribution is -2.38. The molecule has 1 aromatic heterocycles. The van der Waals surface area contributed by atoms with E-state index in [0.29, 0.717) is 12.0 Å². The van der Waals surface area contributed by atoms with Gasteiger partial charge in [-0.05, 0) is 12.8 Å². The van der Waals surface area contributed by atoms with Crippen LogP contribution in [0.1, 0.15) is 31.6 Å². The van der Waals surface area contributed by atoms with Crippen molar-refractivity contribution in [2.24, 2.45) is 0 Å². The quantitative estimate of drug-likeness (QED) is 0.524. The maximum absolute atomic E-state index is 11.9. The molecule has 0 aromatic carbocycles. The normalized spacial score (nSPS) is 29.0. The van der Waals surface area contributed by atoms with E-state index in [1.54, 1.807) is 0 Å². The monoisotopic (exact) mass is 300 g/mol. The van der Waals surface area contributed by atoms with E-state index >= 15 is 0 Å². The van der Waals surface area contributed by atoms with E-state index in [2.05, 4.69) is 4.98 Å². The number of hydrogen-bond acceptors (Lipinski definition) is 6. The Hall–Kier alpha value is -1.48. The van der Waals surface area contributed by atoms with Gasteiger partial charge in [0.15, 0.2) is 6.23 Å². The average Bonchev–Trinajstić information content (AvgIpc) is 2.74. The van der Waals surface area contributed by atoms with E-state index in [-0.39, 0.29) is 0 Å². The third kappa shape index (κ3) is 3.08. The van der Waals surface area contributed by atoms with E-state index in [4.69, 9.17) is 9.84 Å². The number of hydrogen-bond donors (Lipinski definition) is 4. The molecule has 118 valence electrons. The number of unbranched alkanes of at least 4 members (excludes halogenated alkanes) is 1. The number of rotatable bonds is 5. The summed E-state index contributed by atoms with van der Waals surface area (Å²) in [5, 5.41) is 28.7. The first-order chi connectivity index (χ1) is 9.99. The van der Waals surface area contributed by atoms with Crippen LogP contribution in [-0.2, 0) is 11.2 Å². The topological polar surface area (TPSA) is 125 Å². The van der Waals surface area contributed by atoms with Gasteiger partial charge >= 0.3 is 5.69 Å². The predicted octanol–water partition coefficient (Wildman–Crippen LogP) is -1.51. The number of nitrogens with zero attached hydrogens (tertiary/aromatic N) is 1. The number of ether oxygens (including phenoxy) is 1. The van der Waals surface area contributed by atoms with Gasteiger partial charge in [0, 0.05) is 11.8 Å². The van der Waals surface area contributed by atoms with Crippen LogP contribution in [0.15, 0.2) is 15.8 Å². The van der Waals surface area contributed by atoms with Crippen LogP contribution >= 0.6 is 0 Å². The summed E-state index contributed by atoms with van der Waals surface area (Å²) in [6, 6.07) is 0. The summed E-state index contributed by atoms with van der Waals surface area (Å²) in [6.45, 7) is 1.51. The highest BCUT2D eigenvalue weighted by atomic mass is 16.6. The van der Waals surface area contributed by atoms with Gasteiger partial charge in [-0.1, -0.05) is 13.3 Å². The maximum atomic E-state index is 11.9. The van der Waals surface area contributed by atoms with Crippen LogP contribution in [0, 0.1) is 0 Å². The van der Waals surface area contributed by atoms with Crippen molar-refractivity contribution in [3.05, 3.63) is 32.6 Å². The number of aromatic amines is 1. The van der Waals surface area contributed by atoms with Gasteiger partial charge in [0.25, 0.3) is 5.56 Å². The lowest BCUT2D eigenvalue weighted by Gasteiger charge is -2.17. The van der Waals surface area contributed by atoms with Crippen molar-refractivity contribution >= 4 is 0 Å². The summed E-state index contributed by atoms with van der Waals surface area (Å²) in [5.41, 5.74) is -0.777. The third-order valence-corrected chi connectivity index (χ3v) is 3.63. The molecule has 0 spiro atoms. The number of nitrogens with one attached hydrogen (secondary N) is 1. The lowest BCUT2D eigenvalue weighted by atomic mass is 10.1. The summed E-state index contributed by atoms with van der Waals surface area (Å²) in [6.07, 6.45) is -1.23. The lowest BCUT2D eigenvalue weighted by molar-refractivity contribution is -0.0551. The van der Waals surface area contributed by atoms with Crippen LogP contribution in [0.4, 0.5) is 0 Å². The fourth-order valence-electron chi connectivity index (χ4n) is 2.37. The van der Waals surface area contributed by atoms with Crippen molar-refractivity contribution < 1.29 is 20.1 Å². The largest absolute Gasteiger partial charge is 0.394 e. The standard InChI is InChI=1S/C13H20N2O6/c1-2-3-4-7-5-15(13(20)14-11(7)19)12-10(18)9(17)8(6-16)21-12/h5,8-10,12,16-18H,2-4,6H2,1H3,(H,14,19,20)/t8-,9-,10-,12-/m1/s1. The Kier molecular flexibility index (Phi) is 4.94. The molecule has 1 aliphatic rings. The Morgan fingerprint density at radius 1 is 1.33 bits per heavy atom. The van der Waals surface area contributed by atoms with Gasteiger partial charge in [0.1, 0.15) is 18.3 Å². The van der Waals surface area contributed by atoms with Crippen LogP contribution in [0.2, 0.25) is 0 Å². The SMILES string of the molecule is CCCCc1cn([C@@H]2O[C@H](CO)[C@@H](O)[C@H]2O)c(=O)[nH]c1=O. The van der Waals surface area contributed by atoms with Crippen molar-refractivity contribution in [3.8, 4) is 0 Å². The zero-order valence-corrected chi connectivity index (χ0v) is 11.7. The van der Waals surface area contributed by atoms with E-state index in [0.717, 1.165) is 17.4 Å². The molecule has 0 aliphatic carbocycles. The van der Waals surface area contributed by atoms with Gasteiger partial charge in [-0.15, -0.1) is 0 Å². The average molecular weight is 300 g/mol. The molecule has 0 unspecified atom stereocenters. The smallest absolute Gasteiger partial charge is 0.330 e. The molecule has 2 rings (SSSR count). The second-order valence-corrected chi connectivity index (χ2v) is 5.15. The minimum atomic E-state index is -1.36. The van der Waals surface area contributed by atoms with E-state index in [9.17, 15) is 19.8 Å². The number of aliphatic hydroxyl groups excluding tert-OH is 3. The van der Waals surface area contributed by atoms with Gasteiger partial charge in [0.05, 0.1) is 6.61 Å². The second-order valence-electron chi connectivity index (χ2n) is 5.15. The van der Waals surface area contributed by atoms with Crippen LogP contribution in [-0.4, -0.2) is 49.8 Å². The molecule has 0 saturated carbocycles. The molecular formula is C13H20N2O6. The molecule has 0 bridgehead atoms. The Bertz CT molecular complexity index is 595. The Morgan fingerprint density at radius 2 is 2.05 bits per heavy atom. The highest BCUT2D eigenvalue weighted by Crippen LogP contribution is 2.27. The number of aromatic nitrogens is 2. The van der Waals surface area contributed by atoms with E-state index in [1.165, 1.54) is 6.20 Å². The molecule has 1 aliphatic heterocycles. The molecule has 1 fully saturated rings. The first-order valence-corrected chi connectivity index (χ1v) is 6.96. The number of aryl methyl sites for hydroxylation is 1. The van der Waals surface area contributed by atoms with E-state index in [1.807, 2.05) is 6.92 Å². The van der Waals surface area contributed by atoms with Crippen molar-refractivity contribution in [3.63, 3.8) is 0 Å². The molecule has 0 amide bonds. The highest BCUT2D eigenvalue weighted by Gasteiger charge is 2.43. The molecule has 1 saturated heterocycles. The Balaban J connectivity index is 2.35. The minimum absolute atomic E-state index is 0.411. The fraction of sp³-hybridized carbons (Fsp3) is 0.692. The maximum Gasteiger partial charge on any atom is 0.330 e. The Labute approximate surface area is 120 Å². The van der Waals surface area contributed by atoms with E-state index < -0.39 is 42.4 Å². The molecule has 0 radical (unpaired) electrons. The van der Waals surface area contributed by atoms with Gasteiger partial charge in [-0.25, -0.2) is 4.79 Å². The molecule has 2 heterocycles. The predicted molar refractivity (Wildman–Crippen MR) is 72.9 cm³/mol. The number of H-pyrrole nitrogens is 1. The van der Waals surface area contributed by atoms with Crippen molar-refractivity contribution in [2.75, 3.05) is 6.61 Å². The fourth-order valence-corrected chi connectivity index (χ4v) is 2.37. The van der Waals surface area contributed by atoms with Crippen molar-refractivity contribution in [2.45, 2.75) is 50.7 Å². The van der Waals surface area contributed by atoms with Crippen molar-refractivity contribution in [1.82, 2.24) is 9.55 Å². The summed E-state index contributed by atoms with van der Waals surface area (Å²) in [4.78, 5) is 25.8. The van der Waals surface area contributed by atoms with Gasteiger partial charge in [-0.3, -0.25) is 14.3 Å². The first kappa shape index (κ1) is 15.9. The van der Waals surface area contributed by atoms with Crippen LogP contribution in [0.5, 0.6) is 0 Å². The molecule has 4 atom stereocenters. The van der Waals surface area contributed by atoms with Gasteiger partial charge < -0.3 is 20.1 Å². The number of aliphatic hydroxyl groups is 3. The van der Waals surface area contributed by atoms with Crippen molar-refractivity contribution in [1.29, 1.82) is 0 Å². The summed E-state index contributed by atoms with van der Waals surface area (Å²) < 4.78 is 6.34. The third-order valence-electron chi connectivity index (χ3n) is 3.63.